The van der Waals surface area contributed by atoms with Crippen LogP contribution in [0.4, 0.5) is 0 Å². The summed E-state index contributed by atoms with van der Waals surface area (Å²) < 4.78 is 0. The zero-order valence-electron chi connectivity index (χ0n) is 15.3. The fraction of sp³-hybridized carbons (Fsp3) is 0.700. The van der Waals surface area contributed by atoms with Crippen molar-refractivity contribution in [1.29, 1.82) is 0 Å². The molecule has 0 aliphatic carbocycles. The van der Waals surface area contributed by atoms with Crippen LogP contribution >= 0.6 is 0 Å². The second kappa shape index (κ2) is 6.52. The quantitative estimate of drug-likeness (QED) is 0.741. The first-order valence-electron chi connectivity index (χ1n) is 8.32. The highest BCUT2D eigenvalue weighted by Gasteiger charge is 2.29. The fourth-order valence-corrected chi connectivity index (χ4v) is 2.94. The van der Waals surface area contributed by atoms with Crippen molar-refractivity contribution in [3.63, 3.8) is 0 Å². The highest BCUT2D eigenvalue weighted by Crippen LogP contribution is 2.39. The molecule has 1 nitrogen and oxygen atoms in total. The normalized spacial score (nSPS) is 14.3. The van der Waals surface area contributed by atoms with Gasteiger partial charge in [0.05, 0.1) is 6.10 Å². The molecular formula is C20H34O. The first-order chi connectivity index (χ1) is 9.48. The third kappa shape index (κ3) is 4.57. The Morgan fingerprint density at radius 1 is 0.952 bits per heavy atom. The van der Waals surface area contributed by atoms with Gasteiger partial charge in [0, 0.05) is 0 Å². The molecule has 0 radical (unpaired) electrons. The smallest absolute Gasteiger partial charge is 0.0795 e. The summed E-state index contributed by atoms with van der Waals surface area (Å²) in [7, 11) is 0. The van der Waals surface area contributed by atoms with Gasteiger partial charge >= 0.3 is 0 Å². The van der Waals surface area contributed by atoms with Crippen LogP contribution in [0, 0.1) is 6.92 Å². The van der Waals surface area contributed by atoms with E-state index in [-0.39, 0.29) is 16.9 Å². The number of aliphatic hydroxyl groups is 1. The molecule has 0 saturated carbocycles. The minimum atomic E-state index is -0.353. The van der Waals surface area contributed by atoms with E-state index in [1.165, 1.54) is 22.3 Å². The lowest BCUT2D eigenvalue weighted by Gasteiger charge is -2.33. The second-order valence-corrected chi connectivity index (χ2v) is 8.43. The topological polar surface area (TPSA) is 20.2 Å². The number of aliphatic hydroxyl groups excluding tert-OH is 1. The van der Waals surface area contributed by atoms with Crippen LogP contribution in [0.5, 0.6) is 0 Å². The van der Waals surface area contributed by atoms with Gasteiger partial charge in [0.1, 0.15) is 0 Å². The predicted octanol–water partition coefficient (Wildman–Crippen LogP) is 5.81. The predicted molar refractivity (Wildman–Crippen MR) is 93.1 cm³/mol. The van der Waals surface area contributed by atoms with E-state index in [0.29, 0.717) is 0 Å². The lowest BCUT2D eigenvalue weighted by Crippen LogP contribution is -2.23. The Kier molecular flexibility index (Phi) is 5.66. The molecule has 0 saturated heterocycles. The molecule has 0 bridgehead atoms. The van der Waals surface area contributed by atoms with Crippen LogP contribution < -0.4 is 0 Å². The van der Waals surface area contributed by atoms with Crippen LogP contribution in [0.2, 0.25) is 0 Å². The molecule has 21 heavy (non-hydrogen) atoms. The van der Waals surface area contributed by atoms with E-state index in [9.17, 15) is 5.11 Å². The van der Waals surface area contributed by atoms with Gasteiger partial charge in [0.25, 0.3) is 0 Å². The summed E-state index contributed by atoms with van der Waals surface area (Å²) in [6.45, 7) is 17.8. The lowest BCUT2D eigenvalue weighted by atomic mass is 9.73. The van der Waals surface area contributed by atoms with Crippen molar-refractivity contribution in [3.8, 4) is 0 Å². The van der Waals surface area contributed by atoms with Gasteiger partial charge in [-0.2, -0.15) is 0 Å². The van der Waals surface area contributed by atoms with Crippen LogP contribution in [0.15, 0.2) is 12.1 Å². The molecule has 0 amide bonds. The van der Waals surface area contributed by atoms with Crippen LogP contribution in [0.3, 0.4) is 0 Å². The maximum atomic E-state index is 10.8. The Morgan fingerprint density at radius 2 is 1.38 bits per heavy atom. The van der Waals surface area contributed by atoms with Crippen molar-refractivity contribution in [3.05, 3.63) is 34.4 Å². The molecule has 120 valence electrons. The molecule has 0 heterocycles. The van der Waals surface area contributed by atoms with E-state index in [1.54, 1.807) is 0 Å². The van der Waals surface area contributed by atoms with E-state index in [0.717, 1.165) is 19.3 Å². The maximum Gasteiger partial charge on any atom is 0.0795 e. The zero-order valence-corrected chi connectivity index (χ0v) is 15.3. The molecule has 0 spiro atoms. The molecule has 1 atom stereocenters. The van der Waals surface area contributed by atoms with Crippen molar-refractivity contribution >= 4 is 0 Å². The van der Waals surface area contributed by atoms with E-state index in [1.807, 2.05) is 0 Å². The standard InChI is InChI=1S/C20H34O/c1-9-10-11-17(21)18-15(19(3,4)5)12-14(2)13-16(18)20(6,7)8/h12-13,17,21H,9-11H2,1-8H3. The third-order valence-electron chi connectivity index (χ3n) is 4.10. The minimum absolute atomic E-state index is 0.0501. The summed E-state index contributed by atoms with van der Waals surface area (Å²) in [6, 6.07) is 4.53. The molecule has 1 N–H and O–H groups in total. The Hall–Kier alpha value is -0.820. The fourth-order valence-electron chi connectivity index (χ4n) is 2.94. The first kappa shape index (κ1) is 18.2. The van der Waals surface area contributed by atoms with Crippen molar-refractivity contribution in [2.75, 3.05) is 0 Å². The Balaban J connectivity index is 3.53. The lowest BCUT2D eigenvalue weighted by molar-refractivity contribution is 0.159. The molecule has 0 fully saturated rings. The van der Waals surface area contributed by atoms with E-state index in [2.05, 4.69) is 67.5 Å². The average molecular weight is 290 g/mol. The zero-order chi connectivity index (χ0) is 16.4. The summed E-state index contributed by atoms with van der Waals surface area (Å²) in [6.07, 6.45) is 2.70. The number of benzene rings is 1. The summed E-state index contributed by atoms with van der Waals surface area (Å²) >= 11 is 0. The van der Waals surface area contributed by atoms with Crippen molar-refractivity contribution in [2.24, 2.45) is 0 Å². The van der Waals surface area contributed by atoms with E-state index >= 15 is 0 Å². The average Bonchev–Trinajstić information content (AvgIpc) is 2.32. The van der Waals surface area contributed by atoms with Crippen molar-refractivity contribution < 1.29 is 5.11 Å². The summed E-state index contributed by atoms with van der Waals surface area (Å²) in [5.41, 5.74) is 5.17. The number of aryl methyl sites for hydroxylation is 1. The Bertz CT molecular complexity index is 437. The monoisotopic (exact) mass is 290 g/mol. The van der Waals surface area contributed by atoms with Gasteiger partial charge in [-0.1, -0.05) is 79.0 Å². The SMILES string of the molecule is CCCCC(O)c1c(C(C)(C)C)cc(C)cc1C(C)(C)C. The highest BCUT2D eigenvalue weighted by molar-refractivity contribution is 5.46. The van der Waals surface area contributed by atoms with Gasteiger partial charge < -0.3 is 5.11 Å². The molecule has 1 aromatic carbocycles. The van der Waals surface area contributed by atoms with E-state index in [4.69, 9.17) is 0 Å². The maximum absolute atomic E-state index is 10.8. The van der Waals surface area contributed by atoms with Crippen molar-refractivity contribution in [2.45, 2.75) is 91.6 Å². The summed E-state index contributed by atoms with van der Waals surface area (Å²) in [5.74, 6) is 0. The third-order valence-corrected chi connectivity index (χ3v) is 4.10. The van der Waals surface area contributed by atoms with Crippen LogP contribution in [0.25, 0.3) is 0 Å². The minimum Gasteiger partial charge on any atom is -0.388 e. The van der Waals surface area contributed by atoms with Gasteiger partial charge in [0.15, 0.2) is 0 Å². The first-order valence-corrected chi connectivity index (χ1v) is 8.32. The van der Waals surface area contributed by atoms with Gasteiger partial charge in [0.2, 0.25) is 0 Å². The Morgan fingerprint density at radius 3 is 1.71 bits per heavy atom. The van der Waals surface area contributed by atoms with Crippen LogP contribution in [-0.4, -0.2) is 5.11 Å². The van der Waals surface area contributed by atoms with Crippen molar-refractivity contribution in [1.82, 2.24) is 0 Å². The van der Waals surface area contributed by atoms with Crippen LogP contribution in [0.1, 0.15) is 96.1 Å². The van der Waals surface area contributed by atoms with Gasteiger partial charge in [-0.25, -0.2) is 0 Å². The van der Waals surface area contributed by atoms with Crippen LogP contribution in [-0.2, 0) is 10.8 Å². The van der Waals surface area contributed by atoms with Gasteiger partial charge in [-0.05, 0) is 40.9 Å². The Labute approximate surface area is 131 Å². The molecule has 0 aromatic heterocycles. The van der Waals surface area contributed by atoms with Gasteiger partial charge in [-0.15, -0.1) is 0 Å². The number of unbranched alkanes of at least 4 members (excludes halogenated alkanes) is 1. The molecular weight excluding hydrogens is 256 g/mol. The molecule has 1 unspecified atom stereocenters. The highest BCUT2D eigenvalue weighted by atomic mass is 16.3. The van der Waals surface area contributed by atoms with E-state index < -0.39 is 0 Å². The summed E-state index contributed by atoms with van der Waals surface area (Å²) in [4.78, 5) is 0. The molecule has 1 rings (SSSR count). The summed E-state index contributed by atoms with van der Waals surface area (Å²) in [5, 5.41) is 10.8. The molecule has 0 aliphatic rings. The number of rotatable bonds is 4. The molecule has 0 aliphatic heterocycles. The molecule has 1 aromatic rings. The molecule has 1 heteroatoms. The number of hydrogen-bond donors (Lipinski definition) is 1. The van der Waals surface area contributed by atoms with Gasteiger partial charge in [-0.3, -0.25) is 0 Å². The second-order valence-electron chi connectivity index (χ2n) is 8.43. The largest absolute Gasteiger partial charge is 0.388 e. The number of hydrogen-bond acceptors (Lipinski definition) is 1.